The van der Waals surface area contributed by atoms with E-state index in [0.29, 0.717) is 0 Å². The molecule has 0 unspecified atom stereocenters. The minimum absolute atomic E-state index is 0.0569. The molecule has 1 fully saturated rings. The lowest BCUT2D eigenvalue weighted by molar-refractivity contribution is -0.335. The summed E-state index contributed by atoms with van der Waals surface area (Å²) in [7, 11) is 0.942. The maximum absolute atomic E-state index is 13.3. The highest BCUT2D eigenvalue weighted by molar-refractivity contribution is 5.79. The van der Waals surface area contributed by atoms with Crippen LogP contribution in [-0.4, -0.2) is 130 Å². The number of nitrogens with one attached hydrogen (secondary N) is 1. The number of esters is 4. The van der Waals surface area contributed by atoms with Crippen molar-refractivity contribution >= 4 is 30.0 Å². The molecule has 0 aromatic heterocycles. The average Bonchev–Trinajstić information content (AvgIpc) is 2.96. The fourth-order valence-electron chi connectivity index (χ4n) is 4.29. The fourth-order valence-corrected chi connectivity index (χ4v) is 4.29. The Balaban J connectivity index is 3.79. The van der Waals surface area contributed by atoms with Gasteiger partial charge in [-0.2, -0.15) is 0 Å². The van der Waals surface area contributed by atoms with Crippen molar-refractivity contribution in [3.05, 3.63) is 10.4 Å². The number of azide groups is 1. The lowest BCUT2D eigenvalue weighted by Gasteiger charge is -2.50. The third-order valence-electron chi connectivity index (χ3n) is 5.95. The second kappa shape index (κ2) is 19.5. The highest BCUT2D eigenvalue weighted by atomic mass is 16.8. The van der Waals surface area contributed by atoms with Crippen LogP contribution in [0.5, 0.6) is 0 Å². The Kier molecular flexibility index (Phi) is 16.9. The molecule has 0 saturated carbocycles. The van der Waals surface area contributed by atoms with E-state index in [0.717, 1.165) is 27.9 Å². The highest BCUT2D eigenvalue weighted by Crippen LogP contribution is 2.37. The van der Waals surface area contributed by atoms with Gasteiger partial charge >= 0.3 is 30.0 Å². The predicted molar refractivity (Wildman–Crippen MR) is 156 cm³/mol. The molecule has 0 aliphatic carbocycles. The van der Waals surface area contributed by atoms with E-state index in [4.69, 9.17) is 49.1 Å². The lowest BCUT2D eigenvalue weighted by Crippen LogP contribution is -2.74. The van der Waals surface area contributed by atoms with Crippen LogP contribution >= 0.6 is 0 Å². The van der Waals surface area contributed by atoms with E-state index in [1.807, 2.05) is 0 Å². The zero-order valence-electron chi connectivity index (χ0n) is 27.3. The third-order valence-corrected chi connectivity index (χ3v) is 5.95. The molecule has 1 amide bonds. The second-order valence-corrected chi connectivity index (χ2v) is 10.8. The van der Waals surface area contributed by atoms with Crippen molar-refractivity contribution < 1.29 is 71.7 Å². The number of aliphatic hydroxyl groups excluding tert-OH is 1. The van der Waals surface area contributed by atoms with Crippen LogP contribution in [-0.2, 0) is 61.8 Å². The first-order valence-electron chi connectivity index (χ1n) is 14.2. The molecule has 2 N–H and O–H groups in total. The summed E-state index contributed by atoms with van der Waals surface area (Å²) in [6, 6.07) is -3.50. The van der Waals surface area contributed by atoms with Gasteiger partial charge in [0, 0.05) is 25.7 Å². The quantitative estimate of drug-likeness (QED) is 0.0400. The molecule has 1 rings (SSSR count). The summed E-state index contributed by atoms with van der Waals surface area (Å²) >= 11 is 0. The molecule has 47 heavy (non-hydrogen) atoms. The van der Waals surface area contributed by atoms with Crippen molar-refractivity contribution in [2.75, 3.05) is 46.8 Å². The van der Waals surface area contributed by atoms with Crippen molar-refractivity contribution in [2.45, 2.75) is 89.4 Å². The number of methoxy groups -OCH3 is 1. The molecule has 19 heteroatoms. The minimum Gasteiger partial charge on any atom is -0.465 e. The van der Waals surface area contributed by atoms with Gasteiger partial charge in [-0.1, -0.05) is 11.0 Å². The monoisotopic (exact) mass is 674 g/mol. The maximum Gasteiger partial charge on any atom is 0.407 e. The first-order valence-corrected chi connectivity index (χ1v) is 14.2. The Hall–Kier alpha value is -4.18. The van der Waals surface area contributed by atoms with Crippen LogP contribution in [0.1, 0.15) is 41.5 Å². The molecule has 1 heterocycles. The van der Waals surface area contributed by atoms with Crippen molar-refractivity contribution in [2.24, 2.45) is 5.11 Å². The molecular formula is C28H42N4O15. The number of ether oxygens (including phenoxy) is 9. The summed E-state index contributed by atoms with van der Waals surface area (Å²) in [6.45, 7) is 6.63. The average molecular weight is 675 g/mol. The van der Waals surface area contributed by atoms with Gasteiger partial charge in [0.15, 0.2) is 12.2 Å². The molecule has 264 valence electrons. The van der Waals surface area contributed by atoms with Crippen LogP contribution < -0.4 is 5.32 Å². The smallest absolute Gasteiger partial charge is 0.407 e. The molecule has 19 nitrogen and oxygen atoms in total. The Morgan fingerprint density at radius 3 is 2.19 bits per heavy atom. The van der Waals surface area contributed by atoms with Gasteiger partial charge in [0.05, 0.1) is 45.6 Å². The van der Waals surface area contributed by atoms with E-state index in [-0.39, 0.29) is 26.4 Å². The zero-order chi connectivity index (χ0) is 35.8. The van der Waals surface area contributed by atoms with Gasteiger partial charge in [-0.3, -0.25) is 14.4 Å². The van der Waals surface area contributed by atoms with Crippen LogP contribution in [0.3, 0.4) is 0 Å². The summed E-state index contributed by atoms with van der Waals surface area (Å²) in [5, 5.41) is 17.5. The van der Waals surface area contributed by atoms with Crippen LogP contribution in [0.4, 0.5) is 4.79 Å². The third kappa shape index (κ3) is 13.2. The summed E-state index contributed by atoms with van der Waals surface area (Å²) in [5.41, 5.74) is 8.42. The van der Waals surface area contributed by atoms with Gasteiger partial charge in [0.1, 0.15) is 31.0 Å². The van der Waals surface area contributed by atoms with Gasteiger partial charge in [-0.05, 0) is 26.3 Å². The van der Waals surface area contributed by atoms with E-state index in [2.05, 4.69) is 21.3 Å². The molecule has 1 saturated heterocycles. The van der Waals surface area contributed by atoms with Crippen LogP contribution in [0.25, 0.3) is 10.4 Å². The SMILES string of the molecule is C#CCOCCOCCO[C@@]1(C(=O)OC)O[C@@H]([C@H](OC(C)=O)[C@@H](COC(C)=O)OC(C)=O)[C@H](NC(=O)OC(C)(C)C)[C@@H](N=[N+]=[N-])[C@@H]1O. The first-order chi connectivity index (χ1) is 22.0. The fraction of sp³-hybridized carbons (Fsp3) is 0.750. The molecule has 0 aromatic carbocycles. The second-order valence-electron chi connectivity index (χ2n) is 10.8. The van der Waals surface area contributed by atoms with Gasteiger partial charge in [-0.15, -0.1) is 6.42 Å². The van der Waals surface area contributed by atoms with Crippen molar-refractivity contribution in [3.63, 3.8) is 0 Å². The van der Waals surface area contributed by atoms with Crippen LogP contribution in [0.2, 0.25) is 0 Å². The first kappa shape index (κ1) is 40.8. The number of aliphatic hydroxyl groups is 1. The molecule has 7 atom stereocenters. The highest BCUT2D eigenvalue weighted by Gasteiger charge is 2.63. The normalized spacial score (nSPS) is 23.5. The lowest BCUT2D eigenvalue weighted by atomic mass is 9.85. The van der Waals surface area contributed by atoms with Crippen molar-refractivity contribution in [3.8, 4) is 12.3 Å². The number of amides is 1. The van der Waals surface area contributed by atoms with E-state index >= 15 is 0 Å². The van der Waals surface area contributed by atoms with Gasteiger partial charge in [0.25, 0.3) is 5.79 Å². The molecule has 1 aliphatic heterocycles. The van der Waals surface area contributed by atoms with E-state index in [1.54, 1.807) is 20.8 Å². The van der Waals surface area contributed by atoms with E-state index in [9.17, 15) is 34.6 Å². The number of hydrogen-bond donors (Lipinski definition) is 2. The maximum atomic E-state index is 13.3. The predicted octanol–water partition coefficient (Wildman–Crippen LogP) is 0.297. The van der Waals surface area contributed by atoms with E-state index < -0.39 is 91.1 Å². The van der Waals surface area contributed by atoms with Gasteiger partial charge < -0.3 is 53.1 Å². The standard InChI is InChI=1S/C28H42N4O15/c1-9-10-40-11-12-41-13-14-43-28(25(37)39-8)24(36)21(31-32-29)20(30-26(38)47-27(5,6)7)23(46-28)22(45-18(4)35)19(44-17(3)34)15-42-16(2)33/h1,19-24,36H,10-15H2,2-8H3,(H,30,38)/t19-,20-,21-,22-,23-,24+,28-/m1/s1. The molecule has 0 bridgehead atoms. The number of rotatable bonds is 17. The number of hydrogen-bond acceptors (Lipinski definition) is 16. The summed E-state index contributed by atoms with van der Waals surface area (Å²) in [4.78, 5) is 65.2. The van der Waals surface area contributed by atoms with E-state index in [1.165, 1.54) is 0 Å². The molecule has 0 radical (unpaired) electrons. The van der Waals surface area contributed by atoms with Crippen LogP contribution in [0.15, 0.2) is 5.11 Å². The molecule has 0 aromatic rings. The molecular weight excluding hydrogens is 632 g/mol. The Labute approximate surface area is 271 Å². The molecule has 0 spiro atoms. The minimum atomic E-state index is -2.83. The number of carbonyl (C=O) groups excluding carboxylic acids is 5. The van der Waals surface area contributed by atoms with Crippen molar-refractivity contribution in [1.29, 1.82) is 0 Å². The number of terminal acetylenes is 1. The number of carbonyl (C=O) groups is 5. The van der Waals surface area contributed by atoms with Crippen LogP contribution in [0, 0.1) is 12.3 Å². The Morgan fingerprint density at radius 1 is 1.04 bits per heavy atom. The summed E-state index contributed by atoms with van der Waals surface area (Å²) < 4.78 is 48.2. The molecule has 1 aliphatic rings. The van der Waals surface area contributed by atoms with Gasteiger partial charge in [0.2, 0.25) is 0 Å². The number of alkyl carbamates (subject to hydrolysis) is 1. The summed E-state index contributed by atoms with van der Waals surface area (Å²) in [6.07, 6.45) is -3.51. The van der Waals surface area contributed by atoms with Crippen molar-refractivity contribution in [1.82, 2.24) is 5.32 Å². The summed E-state index contributed by atoms with van der Waals surface area (Å²) in [5.74, 6) is -4.59. The number of nitrogens with zero attached hydrogens (tertiary/aromatic N) is 3. The topological polar surface area (TPSA) is 249 Å². The largest absolute Gasteiger partial charge is 0.465 e. The zero-order valence-corrected chi connectivity index (χ0v) is 27.3. The Bertz CT molecular complexity index is 1180. The van der Waals surface area contributed by atoms with Gasteiger partial charge in [-0.25, -0.2) is 9.59 Å². The Morgan fingerprint density at radius 2 is 1.66 bits per heavy atom.